The fourth-order valence-electron chi connectivity index (χ4n) is 2.73. The third-order valence-electron chi connectivity index (χ3n) is 3.91. The van der Waals surface area contributed by atoms with E-state index in [-0.39, 0.29) is 18.5 Å². The summed E-state index contributed by atoms with van der Waals surface area (Å²) in [5.41, 5.74) is 4.50. The standard InChI is InChI=1S/C14H16F4N2O/c15-9-5-10(16)12(18)13(11(9)17)20-14(21)8-4-2-1-3-7(8)6-19/h5,7-8H,1-4,6,19H2,(H,20,21). The van der Waals surface area contributed by atoms with Crippen molar-refractivity contribution in [3.05, 3.63) is 29.3 Å². The van der Waals surface area contributed by atoms with Crippen LogP contribution in [-0.4, -0.2) is 12.5 Å². The molecule has 116 valence electrons. The minimum atomic E-state index is -1.61. The molecule has 0 bridgehead atoms. The number of benzene rings is 1. The van der Waals surface area contributed by atoms with Crippen molar-refractivity contribution in [1.82, 2.24) is 0 Å². The van der Waals surface area contributed by atoms with E-state index in [0.29, 0.717) is 6.42 Å². The summed E-state index contributed by atoms with van der Waals surface area (Å²) in [5, 5.41) is 1.97. The first-order chi connectivity index (χ1) is 9.95. The molecule has 1 aromatic carbocycles. The molecule has 1 aromatic rings. The Bertz CT molecular complexity index is 524. The lowest BCUT2D eigenvalue weighted by Gasteiger charge is -2.29. The van der Waals surface area contributed by atoms with Gasteiger partial charge >= 0.3 is 0 Å². The lowest BCUT2D eigenvalue weighted by molar-refractivity contribution is -0.122. The van der Waals surface area contributed by atoms with Crippen molar-refractivity contribution in [3.63, 3.8) is 0 Å². The number of anilines is 1. The zero-order valence-corrected chi connectivity index (χ0v) is 11.3. The van der Waals surface area contributed by atoms with Gasteiger partial charge in [-0.2, -0.15) is 0 Å². The lowest BCUT2D eigenvalue weighted by Crippen LogP contribution is -2.36. The first kappa shape index (κ1) is 15.8. The van der Waals surface area contributed by atoms with E-state index in [1.165, 1.54) is 0 Å². The van der Waals surface area contributed by atoms with Crippen molar-refractivity contribution < 1.29 is 22.4 Å². The van der Waals surface area contributed by atoms with Gasteiger partial charge < -0.3 is 11.1 Å². The highest BCUT2D eigenvalue weighted by Crippen LogP contribution is 2.31. The molecule has 3 N–H and O–H groups in total. The molecule has 3 nitrogen and oxygen atoms in total. The summed E-state index contributed by atoms with van der Waals surface area (Å²) in [6.45, 7) is 0.278. The maximum atomic E-state index is 13.5. The van der Waals surface area contributed by atoms with Gasteiger partial charge in [0.2, 0.25) is 5.91 Å². The second kappa shape index (κ2) is 6.43. The Morgan fingerprint density at radius 1 is 1.14 bits per heavy atom. The highest BCUT2D eigenvalue weighted by Gasteiger charge is 2.31. The lowest BCUT2D eigenvalue weighted by atomic mass is 9.78. The zero-order chi connectivity index (χ0) is 15.6. The second-order valence-corrected chi connectivity index (χ2v) is 5.22. The second-order valence-electron chi connectivity index (χ2n) is 5.22. The van der Waals surface area contributed by atoms with E-state index < -0.39 is 40.8 Å². The number of carbonyl (C=O) groups excluding carboxylic acids is 1. The molecule has 2 rings (SSSR count). The zero-order valence-electron chi connectivity index (χ0n) is 11.3. The van der Waals surface area contributed by atoms with Crippen molar-refractivity contribution >= 4 is 11.6 Å². The molecule has 0 heterocycles. The van der Waals surface area contributed by atoms with Crippen LogP contribution in [0.5, 0.6) is 0 Å². The van der Waals surface area contributed by atoms with Crippen LogP contribution in [-0.2, 0) is 4.79 Å². The fourth-order valence-corrected chi connectivity index (χ4v) is 2.73. The van der Waals surface area contributed by atoms with E-state index >= 15 is 0 Å². The minimum Gasteiger partial charge on any atom is -0.330 e. The molecular formula is C14H16F4N2O. The molecule has 0 radical (unpaired) electrons. The minimum absolute atomic E-state index is 0.0942. The van der Waals surface area contributed by atoms with E-state index in [9.17, 15) is 22.4 Å². The quantitative estimate of drug-likeness (QED) is 0.666. The number of hydrogen-bond acceptors (Lipinski definition) is 2. The van der Waals surface area contributed by atoms with E-state index in [1.807, 2.05) is 5.32 Å². The Hall–Kier alpha value is -1.63. The summed E-state index contributed by atoms with van der Waals surface area (Å²) in [6, 6.07) is 0.101. The van der Waals surface area contributed by atoms with Crippen LogP contribution < -0.4 is 11.1 Å². The third kappa shape index (κ3) is 3.18. The van der Waals surface area contributed by atoms with Crippen molar-refractivity contribution in [2.45, 2.75) is 25.7 Å². The van der Waals surface area contributed by atoms with Crippen LogP contribution >= 0.6 is 0 Å². The number of rotatable bonds is 3. The number of hydrogen-bond donors (Lipinski definition) is 2. The molecule has 1 amide bonds. The van der Waals surface area contributed by atoms with Gasteiger partial charge in [0, 0.05) is 12.0 Å². The number of nitrogens with two attached hydrogens (primary N) is 1. The van der Waals surface area contributed by atoms with Crippen LogP contribution in [0.15, 0.2) is 6.07 Å². The largest absolute Gasteiger partial charge is 0.330 e. The van der Waals surface area contributed by atoms with Gasteiger partial charge in [0.15, 0.2) is 23.3 Å². The Balaban J connectivity index is 2.23. The topological polar surface area (TPSA) is 55.1 Å². The summed E-state index contributed by atoms with van der Waals surface area (Å²) >= 11 is 0. The molecule has 1 fully saturated rings. The number of halogens is 4. The fraction of sp³-hybridized carbons (Fsp3) is 0.500. The highest BCUT2D eigenvalue weighted by atomic mass is 19.2. The predicted octanol–water partition coefficient (Wildman–Crippen LogP) is 2.95. The van der Waals surface area contributed by atoms with E-state index in [1.54, 1.807) is 0 Å². The summed E-state index contributed by atoms with van der Waals surface area (Å²) in [7, 11) is 0. The van der Waals surface area contributed by atoms with Gasteiger partial charge in [0.05, 0.1) is 0 Å². The molecule has 1 aliphatic rings. The average Bonchev–Trinajstić information content (AvgIpc) is 2.49. The van der Waals surface area contributed by atoms with Gasteiger partial charge in [-0.15, -0.1) is 0 Å². The third-order valence-corrected chi connectivity index (χ3v) is 3.91. The first-order valence-electron chi connectivity index (χ1n) is 6.79. The monoisotopic (exact) mass is 304 g/mol. The maximum absolute atomic E-state index is 13.5. The van der Waals surface area contributed by atoms with Gasteiger partial charge in [-0.1, -0.05) is 12.8 Å². The molecule has 0 saturated heterocycles. The van der Waals surface area contributed by atoms with Crippen LogP contribution in [0.4, 0.5) is 23.2 Å². The van der Waals surface area contributed by atoms with Crippen LogP contribution in [0, 0.1) is 35.1 Å². The normalized spacial score (nSPS) is 22.1. The van der Waals surface area contributed by atoms with Crippen molar-refractivity contribution in [2.24, 2.45) is 17.6 Å². The van der Waals surface area contributed by atoms with Crippen molar-refractivity contribution in [3.8, 4) is 0 Å². The van der Waals surface area contributed by atoms with Crippen molar-refractivity contribution in [2.75, 3.05) is 11.9 Å². The molecule has 1 aliphatic carbocycles. The van der Waals surface area contributed by atoms with Crippen LogP contribution in [0.1, 0.15) is 25.7 Å². The van der Waals surface area contributed by atoms with Crippen LogP contribution in [0.3, 0.4) is 0 Å². The molecule has 0 aliphatic heterocycles. The summed E-state index contributed by atoms with van der Waals surface area (Å²) < 4.78 is 53.3. The Morgan fingerprint density at radius 2 is 1.71 bits per heavy atom. The number of nitrogens with one attached hydrogen (secondary N) is 1. The average molecular weight is 304 g/mol. The van der Waals surface area contributed by atoms with E-state index in [4.69, 9.17) is 5.73 Å². The van der Waals surface area contributed by atoms with E-state index in [2.05, 4.69) is 0 Å². The molecular weight excluding hydrogens is 288 g/mol. The highest BCUT2D eigenvalue weighted by molar-refractivity contribution is 5.93. The molecule has 1 saturated carbocycles. The summed E-state index contributed by atoms with van der Waals surface area (Å²) in [5.74, 6) is -7.58. The molecule has 0 spiro atoms. The molecule has 21 heavy (non-hydrogen) atoms. The van der Waals surface area contributed by atoms with Crippen LogP contribution in [0.25, 0.3) is 0 Å². The van der Waals surface area contributed by atoms with Crippen molar-refractivity contribution in [1.29, 1.82) is 0 Å². The SMILES string of the molecule is NCC1CCCCC1C(=O)Nc1c(F)c(F)cc(F)c1F. The Labute approximate surface area is 119 Å². The van der Waals surface area contributed by atoms with Gasteiger partial charge in [0.25, 0.3) is 0 Å². The number of amides is 1. The summed E-state index contributed by atoms with van der Waals surface area (Å²) in [4.78, 5) is 12.1. The maximum Gasteiger partial charge on any atom is 0.227 e. The number of carbonyl (C=O) groups is 1. The van der Waals surface area contributed by atoms with Gasteiger partial charge in [-0.3, -0.25) is 4.79 Å². The molecule has 2 unspecified atom stereocenters. The Kier molecular flexibility index (Phi) is 4.82. The molecule has 0 aromatic heterocycles. The summed E-state index contributed by atoms with van der Waals surface area (Å²) in [6.07, 6.45) is 3.02. The first-order valence-corrected chi connectivity index (χ1v) is 6.79. The Morgan fingerprint density at radius 3 is 2.29 bits per heavy atom. The smallest absolute Gasteiger partial charge is 0.227 e. The van der Waals surface area contributed by atoms with Gasteiger partial charge in [-0.25, -0.2) is 17.6 Å². The molecule has 2 atom stereocenters. The molecule has 7 heteroatoms. The van der Waals surface area contributed by atoms with Gasteiger partial charge in [-0.05, 0) is 25.3 Å². The van der Waals surface area contributed by atoms with Gasteiger partial charge in [0.1, 0.15) is 5.69 Å². The predicted molar refractivity (Wildman–Crippen MR) is 69.4 cm³/mol. The van der Waals surface area contributed by atoms with E-state index in [0.717, 1.165) is 19.3 Å². The van der Waals surface area contributed by atoms with Crippen LogP contribution in [0.2, 0.25) is 0 Å².